The fraction of sp³-hybridized carbons (Fsp3) is 0.480. The number of thiazole rings is 1. The molecule has 1 fully saturated rings. The third-order valence-corrected chi connectivity index (χ3v) is 6.44. The first-order chi connectivity index (χ1) is 16.3. The summed E-state index contributed by atoms with van der Waals surface area (Å²) < 4.78 is 8.65. The topological polar surface area (TPSA) is 75.5 Å². The van der Waals surface area contributed by atoms with Crippen LogP contribution in [0.2, 0.25) is 0 Å². The largest absolute Gasteiger partial charge is 0.472 e. The Morgan fingerprint density at radius 2 is 2.24 bits per heavy atom. The minimum Gasteiger partial charge on any atom is -0.472 e. The number of hydrogen-bond donors (Lipinski definition) is 1. The molecular formula is C25H34N6O2S. The van der Waals surface area contributed by atoms with E-state index in [1.807, 2.05) is 43.1 Å². The van der Waals surface area contributed by atoms with Crippen molar-refractivity contribution in [3.63, 3.8) is 0 Å². The molecule has 0 aliphatic carbocycles. The molecule has 1 amide bonds. The summed E-state index contributed by atoms with van der Waals surface area (Å²) >= 11 is 1.59. The second kappa shape index (κ2) is 10.6. The van der Waals surface area contributed by atoms with Crippen LogP contribution < -0.4 is 10.1 Å². The number of aryl methyl sites for hydroxylation is 1. The van der Waals surface area contributed by atoms with Crippen LogP contribution in [0.4, 0.5) is 10.9 Å². The van der Waals surface area contributed by atoms with Crippen LogP contribution in [0.3, 0.4) is 0 Å². The minimum absolute atomic E-state index is 0.0312. The molecule has 1 aliphatic heterocycles. The molecule has 3 aromatic heterocycles. The van der Waals surface area contributed by atoms with E-state index in [0.717, 1.165) is 40.4 Å². The zero-order chi connectivity index (χ0) is 24.2. The second-order valence-corrected chi connectivity index (χ2v) is 10.7. The number of carbonyl (C=O) groups excluding carboxylic acids is 1. The van der Waals surface area contributed by atoms with Crippen LogP contribution in [0, 0.1) is 12.8 Å². The smallest absolute Gasteiger partial charge is 0.246 e. The predicted molar refractivity (Wildman–Crippen MR) is 138 cm³/mol. The highest BCUT2D eigenvalue weighted by molar-refractivity contribution is 7.15. The summed E-state index contributed by atoms with van der Waals surface area (Å²) in [6.45, 7) is 9.34. The second-order valence-electron chi connectivity index (χ2n) is 9.49. The van der Waals surface area contributed by atoms with Gasteiger partial charge < -0.3 is 24.4 Å². The first-order valence-corrected chi connectivity index (χ1v) is 12.6. The molecule has 1 saturated heterocycles. The summed E-state index contributed by atoms with van der Waals surface area (Å²) in [5.41, 5.74) is 1.08. The SMILES string of the molecule is Cc1cnc(Nc2cc3c(ccn3CC(C)C)c(OC3CCN(C(=O)C=CCN(C)C)C3)n2)s1. The minimum atomic E-state index is -0.0901. The van der Waals surface area contributed by atoms with E-state index < -0.39 is 0 Å². The summed E-state index contributed by atoms with van der Waals surface area (Å²) in [5, 5.41) is 5.13. The Hall–Kier alpha value is -2.91. The lowest BCUT2D eigenvalue weighted by atomic mass is 10.2. The first-order valence-electron chi connectivity index (χ1n) is 11.7. The van der Waals surface area contributed by atoms with Crippen LogP contribution in [-0.4, -0.2) is 70.1 Å². The molecule has 1 atom stereocenters. The Bertz CT molecular complexity index is 1170. The van der Waals surface area contributed by atoms with E-state index in [9.17, 15) is 4.79 Å². The van der Waals surface area contributed by atoms with Crippen LogP contribution >= 0.6 is 11.3 Å². The van der Waals surface area contributed by atoms with Gasteiger partial charge in [0.25, 0.3) is 0 Å². The maximum atomic E-state index is 12.5. The standard InChI is InChI=1S/C25H34N6O2S/c1-17(2)15-30-12-9-20-21(30)13-22(28-25-26-14-18(3)34-25)27-24(20)33-19-8-11-31(16-19)23(32)7-6-10-29(4)5/h6-7,9,12-14,17,19H,8,10-11,15-16H2,1-5H3,(H,26,27,28). The number of nitrogens with zero attached hydrogens (tertiary/aromatic N) is 5. The third-order valence-electron chi connectivity index (χ3n) is 5.62. The predicted octanol–water partition coefficient (Wildman–Crippen LogP) is 4.30. The van der Waals surface area contributed by atoms with Crippen molar-refractivity contribution in [2.45, 2.75) is 39.8 Å². The number of anilines is 2. The molecule has 3 aromatic rings. The van der Waals surface area contributed by atoms with Gasteiger partial charge in [-0.3, -0.25) is 4.79 Å². The molecule has 9 heteroatoms. The van der Waals surface area contributed by atoms with Crippen LogP contribution in [0.15, 0.2) is 36.7 Å². The fourth-order valence-electron chi connectivity index (χ4n) is 4.04. The van der Waals surface area contributed by atoms with Gasteiger partial charge in [0.05, 0.1) is 17.4 Å². The number of nitrogens with one attached hydrogen (secondary N) is 1. The average molecular weight is 483 g/mol. The van der Waals surface area contributed by atoms with Gasteiger partial charge in [-0.05, 0) is 33.0 Å². The number of rotatable bonds is 9. The van der Waals surface area contributed by atoms with E-state index in [0.29, 0.717) is 30.7 Å². The highest BCUT2D eigenvalue weighted by Crippen LogP contribution is 2.32. The summed E-state index contributed by atoms with van der Waals surface area (Å²) in [7, 11) is 3.96. The number of carbonyl (C=O) groups is 1. The lowest BCUT2D eigenvalue weighted by molar-refractivity contribution is -0.125. The molecular weight excluding hydrogens is 448 g/mol. The number of hydrogen-bond acceptors (Lipinski definition) is 7. The fourth-order valence-corrected chi connectivity index (χ4v) is 4.71. The van der Waals surface area contributed by atoms with E-state index >= 15 is 0 Å². The molecule has 8 nitrogen and oxygen atoms in total. The monoisotopic (exact) mass is 482 g/mol. The zero-order valence-corrected chi connectivity index (χ0v) is 21.4. The van der Waals surface area contributed by atoms with Crippen molar-refractivity contribution in [3.8, 4) is 5.88 Å². The Labute approximate surface area is 205 Å². The van der Waals surface area contributed by atoms with E-state index in [-0.39, 0.29) is 12.0 Å². The van der Waals surface area contributed by atoms with Crippen molar-refractivity contribution in [2.24, 2.45) is 5.92 Å². The molecule has 1 aliphatic rings. The Balaban J connectivity index is 1.54. The molecule has 1 N–H and O–H groups in total. The molecule has 0 saturated carbocycles. The Kier molecular flexibility index (Phi) is 7.53. The van der Waals surface area contributed by atoms with Crippen LogP contribution in [-0.2, 0) is 11.3 Å². The molecule has 0 spiro atoms. The number of pyridine rings is 1. The molecule has 1 unspecified atom stereocenters. The quantitative estimate of drug-likeness (QED) is 0.459. The van der Waals surface area contributed by atoms with Gasteiger partial charge >= 0.3 is 0 Å². The van der Waals surface area contributed by atoms with Crippen molar-refractivity contribution < 1.29 is 9.53 Å². The van der Waals surface area contributed by atoms with Crippen LogP contribution in [0.25, 0.3) is 10.9 Å². The highest BCUT2D eigenvalue weighted by Gasteiger charge is 2.28. The molecule has 4 rings (SSSR count). The van der Waals surface area contributed by atoms with Crippen molar-refractivity contribution in [1.29, 1.82) is 0 Å². The molecule has 4 heterocycles. The third kappa shape index (κ3) is 5.95. The number of ether oxygens (including phenoxy) is 1. The Morgan fingerprint density at radius 1 is 1.41 bits per heavy atom. The molecule has 0 bridgehead atoms. The van der Waals surface area contributed by atoms with E-state index in [1.165, 1.54) is 0 Å². The number of fused-ring (bicyclic) bond motifs is 1. The Morgan fingerprint density at radius 3 is 2.94 bits per heavy atom. The molecule has 182 valence electrons. The van der Waals surface area contributed by atoms with Crippen LogP contribution in [0.1, 0.15) is 25.1 Å². The van der Waals surface area contributed by atoms with E-state index in [4.69, 9.17) is 9.72 Å². The molecule has 34 heavy (non-hydrogen) atoms. The van der Waals surface area contributed by atoms with E-state index in [1.54, 1.807) is 17.4 Å². The average Bonchev–Trinajstić information content (AvgIpc) is 3.49. The van der Waals surface area contributed by atoms with Gasteiger partial charge in [-0.25, -0.2) is 4.98 Å². The highest BCUT2D eigenvalue weighted by atomic mass is 32.1. The lowest BCUT2D eigenvalue weighted by Gasteiger charge is -2.17. The van der Waals surface area contributed by atoms with Gasteiger partial charge in [-0.1, -0.05) is 19.9 Å². The van der Waals surface area contributed by atoms with Crippen LogP contribution in [0.5, 0.6) is 5.88 Å². The maximum Gasteiger partial charge on any atom is 0.246 e. The van der Waals surface area contributed by atoms with Gasteiger partial charge in [-0.2, -0.15) is 4.98 Å². The van der Waals surface area contributed by atoms with Gasteiger partial charge in [0, 0.05) is 55.5 Å². The number of aromatic nitrogens is 3. The van der Waals surface area contributed by atoms with Gasteiger partial charge in [0.15, 0.2) is 5.13 Å². The van der Waals surface area contributed by atoms with Crippen molar-refractivity contribution in [2.75, 3.05) is 39.0 Å². The molecule has 0 radical (unpaired) electrons. The van der Waals surface area contributed by atoms with Gasteiger partial charge in [0.2, 0.25) is 11.8 Å². The van der Waals surface area contributed by atoms with E-state index in [2.05, 4.69) is 47.0 Å². The first kappa shape index (κ1) is 24.2. The lowest BCUT2D eigenvalue weighted by Crippen LogP contribution is -2.29. The normalized spacial score (nSPS) is 16.4. The molecule has 0 aromatic carbocycles. The van der Waals surface area contributed by atoms with Gasteiger partial charge in [0.1, 0.15) is 11.9 Å². The van der Waals surface area contributed by atoms with Crippen molar-refractivity contribution >= 4 is 39.1 Å². The van der Waals surface area contributed by atoms with Crippen molar-refractivity contribution in [1.82, 2.24) is 24.3 Å². The maximum absolute atomic E-state index is 12.5. The zero-order valence-electron chi connectivity index (χ0n) is 20.6. The number of amides is 1. The summed E-state index contributed by atoms with van der Waals surface area (Å²) in [6.07, 6.45) is 8.19. The summed E-state index contributed by atoms with van der Waals surface area (Å²) in [5.74, 6) is 1.85. The van der Waals surface area contributed by atoms with Gasteiger partial charge in [-0.15, -0.1) is 11.3 Å². The van der Waals surface area contributed by atoms with Crippen molar-refractivity contribution in [3.05, 3.63) is 41.6 Å². The number of likely N-dealkylation sites (N-methyl/N-ethyl adjacent to an activating group) is 1. The number of likely N-dealkylation sites (tertiary alicyclic amines) is 1. The summed E-state index contributed by atoms with van der Waals surface area (Å²) in [4.78, 5) is 26.8. The summed E-state index contributed by atoms with van der Waals surface area (Å²) in [6, 6.07) is 4.13.